The number of rotatable bonds is 9. The summed E-state index contributed by atoms with van der Waals surface area (Å²) in [6.45, 7) is 9.90. The van der Waals surface area contributed by atoms with Crippen LogP contribution in [-0.2, 0) is 10.3 Å². The molecule has 0 aromatic heterocycles. The highest BCUT2D eigenvalue weighted by atomic mass is 79.9. The highest BCUT2D eigenvalue weighted by Gasteiger charge is 2.36. The Hall–Kier alpha value is -0.910. The number of hydrogen-bond acceptors (Lipinski definition) is 3. The van der Waals surface area contributed by atoms with Crippen molar-refractivity contribution in [2.24, 2.45) is 5.73 Å². The van der Waals surface area contributed by atoms with Gasteiger partial charge >= 0.3 is 0 Å². The molecule has 0 fully saturated rings. The Bertz CT molecular complexity index is 445. The molecule has 0 aliphatic rings. The van der Waals surface area contributed by atoms with Crippen LogP contribution in [0.2, 0.25) is 0 Å². The van der Waals surface area contributed by atoms with Crippen molar-refractivity contribution in [1.82, 2.24) is 10.2 Å². The Morgan fingerprint density at radius 1 is 1.24 bits per heavy atom. The first-order valence-corrected chi connectivity index (χ1v) is 8.32. The van der Waals surface area contributed by atoms with E-state index in [1.54, 1.807) is 0 Å². The molecule has 3 N–H and O–H groups in total. The van der Waals surface area contributed by atoms with Gasteiger partial charge < -0.3 is 10.6 Å². The average Bonchev–Trinajstić information content (AvgIpc) is 2.49. The topological polar surface area (TPSA) is 58.4 Å². The lowest BCUT2D eigenvalue weighted by atomic mass is 9.86. The van der Waals surface area contributed by atoms with Crippen LogP contribution in [-0.4, -0.2) is 37.0 Å². The zero-order valence-corrected chi connectivity index (χ0v) is 14.7. The maximum absolute atomic E-state index is 12.1. The fraction of sp³-hybridized carbons (Fsp3) is 0.562. The third-order valence-corrected chi connectivity index (χ3v) is 4.57. The summed E-state index contributed by atoms with van der Waals surface area (Å²) < 4.78 is 0.990. The van der Waals surface area contributed by atoms with Crippen molar-refractivity contribution in [3.05, 3.63) is 34.3 Å². The van der Waals surface area contributed by atoms with E-state index >= 15 is 0 Å². The molecule has 0 spiro atoms. The van der Waals surface area contributed by atoms with Crippen molar-refractivity contribution >= 4 is 21.8 Å². The molecule has 0 aliphatic heterocycles. The van der Waals surface area contributed by atoms with E-state index in [4.69, 9.17) is 5.73 Å². The van der Waals surface area contributed by atoms with Gasteiger partial charge in [0.2, 0.25) is 5.91 Å². The molecule has 1 aromatic rings. The van der Waals surface area contributed by atoms with Crippen LogP contribution in [0.5, 0.6) is 0 Å². The lowest BCUT2D eigenvalue weighted by Crippen LogP contribution is -2.54. The molecule has 1 amide bonds. The van der Waals surface area contributed by atoms with E-state index < -0.39 is 5.54 Å². The Balaban J connectivity index is 2.89. The zero-order valence-electron chi connectivity index (χ0n) is 13.2. The number of nitrogens with zero attached hydrogens (tertiary/aromatic N) is 1. The van der Waals surface area contributed by atoms with Crippen molar-refractivity contribution in [3.8, 4) is 0 Å². The standard InChI is InChI=1S/C16H26BrN3O/c1-4-16(15(18)21,13-7-9-14(17)10-8-13)19-11-12-20(5-2)6-3/h7-10,19H,4-6,11-12H2,1-3H3,(H2,18,21). The number of halogens is 1. The lowest BCUT2D eigenvalue weighted by molar-refractivity contribution is -0.125. The quantitative estimate of drug-likeness (QED) is 0.715. The molecule has 0 bridgehead atoms. The van der Waals surface area contributed by atoms with Crippen molar-refractivity contribution < 1.29 is 4.79 Å². The summed E-state index contributed by atoms with van der Waals surface area (Å²) in [5.41, 5.74) is 5.83. The van der Waals surface area contributed by atoms with E-state index in [1.165, 1.54) is 0 Å². The SMILES string of the molecule is CCN(CC)CCNC(CC)(C(N)=O)c1ccc(Br)cc1. The van der Waals surface area contributed by atoms with Crippen LogP contribution < -0.4 is 11.1 Å². The molecule has 1 unspecified atom stereocenters. The van der Waals surface area contributed by atoms with Crippen molar-refractivity contribution in [3.63, 3.8) is 0 Å². The molecule has 4 nitrogen and oxygen atoms in total. The van der Waals surface area contributed by atoms with Crippen LogP contribution in [0.4, 0.5) is 0 Å². The third-order valence-electron chi connectivity index (χ3n) is 4.04. The summed E-state index contributed by atoms with van der Waals surface area (Å²) in [6.07, 6.45) is 0.627. The van der Waals surface area contributed by atoms with Gasteiger partial charge in [0.05, 0.1) is 0 Å². The minimum Gasteiger partial charge on any atom is -0.368 e. The second-order valence-electron chi connectivity index (χ2n) is 5.08. The highest BCUT2D eigenvalue weighted by Crippen LogP contribution is 2.26. The van der Waals surface area contributed by atoms with Crippen molar-refractivity contribution in [2.45, 2.75) is 32.7 Å². The van der Waals surface area contributed by atoms with Crippen LogP contribution in [0.25, 0.3) is 0 Å². The number of likely N-dealkylation sites (N-methyl/N-ethyl adjacent to an activating group) is 1. The fourth-order valence-corrected chi connectivity index (χ4v) is 2.80. The predicted octanol–water partition coefficient (Wildman–Crippen LogP) is 2.47. The van der Waals surface area contributed by atoms with Crippen LogP contribution in [0.15, 0.2) is 28.7 Å². The number of primary amides is 1. The number of benzene rings is 1. The molecule has 0 saturated heterocycles. The smallest absolute Gasteiger partial charge is 0.242 e. The van der Waals surface area contributed by atoms with E-state index in [1.807, 2.05) is 31.2 Å². The average molecular weight is 356 g/mol. The summed E-state index contributed by atoms with van der Waals surface area (Å²) in [7, 11) is 0. The Morgan fingerprint density at radius 3 is 2.24 bits per heavy atom. The lowest BCUT2D eigenvalue weighted by Gasteiger charge is -2.32. The maximum atomic E-state index is 12.1. The van der Waals surface area contributed by atoms with Gasteiger partial charge in [0.15, 0.2) is 0 Å². The molecule has 21 heavy (non-hydrogen) atoms. The summed E-state index contributed by atoms with van der Waals surface area (Å²) in [5.74, 6) is -0.327. The summed E-state index contributed by atoms with van der Waals surface area (Å²) in [4.78, 5) is 14.4. The number of carbonyl (C=O) groups excluding carboxylic acids is 1. The van der Waals surface area contributed by atoms with Crippen LogP contribution in [0.3, 0.4) is 0 Å². The molecule has 5 heteroatoms. The van der Waals surface area contributed by atoms with Gasteiger partial charge in [0, 0.05) is 17.6 Å². The first-order valence-electron chi connectivity index (χ1n) is 7.53. The first-order chi connectivity index (χ1) is 10.00. The molecule has 1 aromatic carbocycles. The fourth-order valence-electron chi connectivity index (χ4n) is 2.54. The largest absolute Gasteiger partial charge is 0.368 e. The van der Waals surface area contributed by atoms with Gasteiger partial charge in [-0.3, -0.25) is 10.1 Å². The van der Waals surface area contributed by atoms with Gasteiger partial charge in [0.25, 0.3) is 0 Å². The number of hydrogen-bond donors (Lipinski definition) is 2. The summed E-state index contributed by atoms with van der Waals surface area (Å²) in [5, 5.41) is 3.39. The third kappa shape index (κ3) is 4.53. The molecule has 1 rings (SSSR count). The first kappa shape index (κ1) is 18.1. The van der Waals surface area contributed by atoms with Gasteiger partial charge in [0.1, 0.15) is 5.54 Å². The van der Waals surface area contributed by atoms with Gasteiger partial charge in [-0.1, -0.05) is 48.8 Å². The minimum atomic E-state index is -0.798. The van der Waals surface area contributed by atoms with Crippen LogP contribution in [0, 0.1) is 0 Å². The van der Waals surface area contributed by atoms with Crippen LogP contribution in [0.1, 0.15) is 32.8 Å². The molecular weight excluding hydrogens is 330 g/mol. The van der Waals surface area contributed by atoms with E-state index in [-0.39, 0.29) is 5.91 Å². The maximum Gasteiger partial charge on any atom is 0.242 e. The van der Waals surface area contributed by atoms with Crippen molar-refractivity contribution in [1.29, 1.82) is 0 Å². The monoisotopic (exact) mass is 355 g/mol. The number of carbonyl (C=O) groups is 1. The molecule has 0 radical (unpaired) electrons. The zero-order chi connectivity index (χ0) is 15.9. The van der Waals surface area contributed by atoms with E-state index in [2.05, 4.69) is 40.0 Å². The van der Waals surface area contributed by atoms with Gasteiger partial charge in [-0.15, -0.1) is 0 Å². The second kappa shape index (κ2) is 8.51. The Labute approximate surface area is 136 Å². The second-order valence-corrected chi connectivity index (χ2v) is 6.00. The molecule has 0 heterocycles. The molecule has 0 aliphatic carbocycles. The summed E-state index contributed by atoms with van der Waals surface area (Å²) in [6, 6.07) is 7.77. The minimum absolute atomic E-state index is 0.327. The Morgan fingerprint density at radius 2 is 1.81 bits per heavy atom. The van der Waals surface area contributed by atoms with Crippen molar-refractivity contribution in [2.75, 3.05) is 26.2 Å². The Kier molecular flexibility index (Phi) is 7.35. The van der Waals surface area contributed by atoms with E-state index in [9.17, 15) is 4.79 Å². The molecule has 0 saturated carbocycles. The normalized spacial score (nSPS) is 14.1. The molecule has 118 valence electrons. The predicted molar refractivity (Wildman–Crippen MR) is 91.1 cm³/mol. The van der Waals surface area contributed by atoms with E-state index in [0.717, 1.165) is 36.2 Å². The molecular formula is C16H26BrN3O. The van der Waals surface area contributed by atoms with Crippen LogP contribution >= 0.6 is 15.9 Å². The molecule has 1 atom stereocenters. The van der Waals surface area contributed by atoms with E-state index in [0.29, 0.717) is 6.42 Å². The number of nitrogens with two attached hydrogens (primary N) is 1. The van der Waals surface area contributed by atoms with Gasteiger partial charge in [-0.25, -0.2) is 0 Å². The number of nitrogens with one attached hydrogen (secondary N) is 1. The number of amides is 1. The highest BCUT2D eigenvalue weighted by molar-refractivity contribution is 9.10. The summed E-state index contributed by atoms with van der Waals surface area (Å²) >= 11 is 3.42. The van der Waals surface area contributed by atoms with Gasteiger partial charge in [-0.2, -0.15) is 0 Å². The van der Waals surface area contributed by atoms with Gasteiger partial charge in [-0.05, 0) is 37.2 Å².